The minimum Gasteiger partial charge on any atom is -0.478 e. The number of carboxylic acids is 1. The lowest BCUT2D eigenvalue weighted by Crippen LogP contribution is -2.26. The fraction of sp³-hybridized carbons (Fsp3) is 0.389. The Morgan fingerprint density at radius 1 is 1.45 bits per heavy atom. The lowest BCUT2D eigenvalue weighted by molar-refractivity contribution is -0.385. The van der Waals surface area contributed by atoms with Crippen LogP contribution in [0.2, 0.25) is 0 Å². The number of unbranched alkanes of at least 4 members (excludes halogenated alkanes) is 1. The van der Waals surface area contributed by atoms with Crippen LogP contribution in [0.5, 0.6) is 0 Å². The summed E-state index contributed by atoms with van der Waals surface area (Å²) < 4.78 is 12.0. The minimum absolute atomic E-state index is 0.161. The monoisotopic (exact) mass is 432 g/mol. The number of allylic oxidation sites excluding steroid dienone is 1. The molecule has 2 aromatic heterocycles. The third kappa shape index (κ3) is 5.52. The fourth-order valence-electron chi connectivity index (χ4n) is 2.81. The number of nitro groups is 1. The number of ether oxygens (including phenoxy) is 1. The number of oxazole rings is 1. The first-order valence-electron chi connectivity index (χ1n) is 9.37. The molecule has 0 aliphatic carbocycles. The highest BCUT2D eigenvalue weighted by Crippen LogP contribution is 2.25. The van der Waals surface area contributed by atoms with E-state index in [1.807, 2.05) is 0 Å². The lowest BCUT2D eigenvalue weighted by atomic mass is 10.0. The maximum absolute atomic E-state index is 12.1. The summed E-state index contributed by atoms with van der Waals surface area (Å²) in [6.45, 7) is 0.636. The number of hydrogen-bond acceptors (Lipinski definition) is 9. The number of hydrogen-bond donors (Lipinski definition) is 2. The highest BCUT2D eigenvalue weighted by atomic mass is 16.6. The quantitative estimate of drug-likeness (QED) is 0.321. The molecule has 31 heavy (non-hydrogen) atoms. The van der Waals surface area contributed by atoms with E-state index >= 15 is 0 Å². The van der Waals surface area contributed by atoms with Crippen LogP contribution >= 0.6 is 0 Å². The molecule has 0 saturated heterocycles. The minimum atomic E-state index is -1.16. The molecule has 164 valence electrons. The van der Waals surface area contributed by atoms with Gasteiger partial charge >= 0.3 is 11.7 Å². The fourth-order valence-corrected chi connectivity index (χ4v) is 2.81. The SMILES string of the molecule is Cn1cc([N+](=O)[O-])c(C(=O)NCCCCOC2=CC(c3nc(C(=O)O)co3)CC=N2)n1. The molecule has 13 nitrogen and oxygen atoms in total. The lowest BCUT2D eigenvalue weighted by Gasteiger charge is -2.14. The Balaban J connectivity index is 1.41. The van der Waals surface area contributed by atoms with E-state index in [0.29, 0.717) is 38.3 Å². The number of aromatic nitrogens is 3. The van der Waals surface area contributed by atoms with Gasteiger partial charge in [-0.1, -0.05) is 0 Å². The molecule has 1 aliphatic heterocycles. The number of aryl methyl sites for hydroxylation is 1. The molecule has 3 heterocycles. The van der Waals surface area contributed by atoms with Crippen molar-refractivity contribution < 1.29 is 28.8 Å². The first-order chi connectivity index (χ1) is 14.8. The van der Waals surface area contributed by atoms with Crippen LogP contribution < -0.4 is 5.32 Å². The first-order valence-corrected chi connectivity index (χ1v) is 9.37. The molecule has 0 saturated carbocycles. The maximum atomic E-state index is 12.1. The average molecular weight is 432 g/mol. The normalized spacial score (nSPS) is 15.4. The van der Waals surface area contributed by atoms with E-state index in [1.165, 1.54) is 17.9 Å². The van der Waals surface area contributed by atoms with Gasteiger partial charge < -0.3 is 19.6 Å². The van der Waals surface area contributed by atoms with Crippen molar-refractivity contribution in [2.24, 2.45) is 12.0 Å². The summed E-state index contributed by atoms with van der Waals surface area (Å²) in [5, 5.41) is 26.3. The van der Waals surface area contributed by atoms with E-state index in [9.17, 15) is 19.7 Å². The summed E-state index contributed by atoms with van der Waals surface area (Å²) in [4.78, 5) is 41.4. The van der Waals surface area contributed by atoms with Gasteiger partial charge in [0.15, 0.2) is 5.69 Å². The van der Waals surface area contributed by atoms with E-state index in [4.69, 9.17) is 14.3 Å². The van der Waals surface area contributed by atoms with Crippen LogP contribution in [0.4, 0.5) is 5.69 Å². The Kier molecular flexibility index (Phi) is 6.74. The van der Waals surface area contributed by atoms with E-state index in [1.54, 1.807) is 12.3 Å². The van der Waals surface area contributed by atoms with Crippen LogP contribution in [0.3, 0.4) is 0 Å². The van der Waals surface area contributed by atoms with Gasteiger partial charge in [-0.2, -0.15) is 5.10 Å². The summed E-state index contributed by atoms with van der Waals surface area (Å²) in [6.07, 6.45) is 7.31. The van der Waals surface area contributed by atoms with Crippen LogP contribution in [0.25, 0.3) is 0 Å². The Bertz CT molecular complexity index is 1040. The number of carboxylic acid groups (broad SMARTS) is 1. The van der Waals surface area contributed by atoms with Gasteiger partial charge in [-0.25, -0.2) is 14.8 Å². The molecular formula is C18H20N6O7. The topological polar surface area (TPSA) is 175 Å². The van der Waals surface area contributed by atoms with Crippen LogP contribution in [0, 0.1) is 10.1 Å². The van der Waals surface area contributed by atoms with Crippen molar-refractivity contribution in [3.8, 4) is 0 Å². The van der Waals surface area contributed by atoms with Gasteiger partial charge in [0.2, 0.25) is 17.5 Å². The van der Waals surface area contributed by atoms with Crippen molar-refractivity contribution in [3.63, 3.8) is 0 Å². The van der Waals surface area contributed by atoms with Crippen molar-refractivity contribution in [2.75, 3.05) is 13.2 Å². The van der Waals surface area contributed by atoms with Crippen LogP contribution in [0.1, 0.15) is 52.0 Å². The number of amides is 1. The molecule has 1 unspecified atom stereocenters. The molecule has 0 fully saturated rings. The number of nitrogens with zero attached hydrogens (tertiary/aromatic N) is 5. The number of aliphatic imine (C=N–C) groups is 1. The molecule has 13 heteroatoms. The Hall–Kier alpha value is -4.03. The number of carbonyl (C=O) groups is 2. The largest absolute Gasteiger partial charge is 0.478 e. The third-order valence-corrected chi connectivity index (χ3v) is 4.31. The Morgan fingerprint density at radius 2 is 2.26 bits per heavy atom. The molecular weight excluding hydrogens is 412 g/mol. The number of carbonyl (C=O) groups excluding carboxylic acids is 1. The highest BCUT2D eigenvalue weighted by molar-refractivity contribution is 5.96. The Morgan fingerprint density at radius 3 is 2.97 bits per heavy atom. The predicted octanol–water partition coefficient (Wildman–Crippen LogP) is 1.64. The summed E-state index contributed by atoms with van der Waals surface area (Å²) >= 11 is 0. The van der Waals surface area contributed by atoms with Gasteiger partial charge in [0, 0.05) is 19.8 Å². The van der Waals surface area contributed by atoms with Crippen molar-refractivity contribution in [3.05, 3.63) is 51.8 Å². The van der Waals surface area contributed by atoms with Crippen molar-refractivity contribution >= 4 is 23.8 Å². The van der Waals surface area contributed by atoms with Crippen LogP contribution in [0.15, 0.2) is 33.8 Å². The zero-order valence-corrected chi connectivity index (χ0v) is 16.6. The molecule has 1 atom stereocenters. The van der Waals surface area contributed by atoms with Gasteiger partial charge in [-0.05, 0) is 25.3 Å². The van der Waals surface area contributed by atoms with Gasteiger partial charge in [-0.15, -0.1) is 0 Å². The zero-order chi connectivity index (χ0) is 22.4. The van der Waals surface area contributed by atoms with Crippen molar-refractivity contribution in [1.82, 2.24) is 20.1 Å². The third-order valence-electron chi connectivity index (χ3n) is 4.31. The van der Waals surface area contributed by atoms with Gasteiger partial charge in [0.05, 0.1) is 17.4 Å². The molecule has 1 aliphatic rings. The van der Waals surface area contributed by atoms with E-state index in [0.717, 1.165) is 6.26 Å². The standard InChI is InChI=1S/C18H20N6O7/c1-23-9-13(24(28)29)15(22-23)16(25)20-5-2-3-7-30-14-8-11(4-6-19-14)17-21-12(10-31-17)18(26)27/h6,8-11H,2-5,7H2,1H3,(H,20,25)(H,26,27). The summed E-state index contributed by atoms with van der Waals surface area (Å²) in [5.74, 6) is -1.39. The highest BCUT2D eigenvalue weighted by Gasteiger charge is 2.24. The molecule has 3 rings (SSSR count). The van der Waals surface area contributed by atoms with Gasteiger partial charge in [0.1, 0.15) is 12.5 Å². The average Bonchev–Trinajstić information content (AvgIpc) is 3.38. The second-order valence-corrected chi connectivity index (χ2v) is 6.64. The predicted molar refractivity (Wildman–Crippen MR) is 105 cm³/mol. The van der Waals surface area contributed by atoms with E-state index in [-0.39, 0.29) is 28.9 Å². The summed E-state index contributed by atoms with van der Waals surface area (Å²) in [7, 11) is 1.50. The first kappa shape index (κ1) is 21.7. The van der Waals surface area contributed by atoms with Crippen LogP contribution in [-0.4, -0.2) is 56.0 Å². The second kappa shape index (κ2) is 9.65. The summed E-state index contributed by atoms with van der Waals surface area (Å²) in [5.41, 5.74) is -0.734. The molecule has 2 N–H and O–H groups in total. The van der Waals surface area contributed by atoms with Crippen molar-refractivity contribution in [2.45, 2.75) is 25.2 Å². The van der Waals surface area contributed by atoms with Gasteiger partial charge in [-0.3, -0.25) is 19.6 Å². The molecule has 2 aromatic rings. The number of nitrogens with one attached hydrogen (secondary N) is 1. The smallest absolute Gasteiger partial charge is 0.357 e. The molecule has 0 spiro atoms. The number of rotatable bonds is 10. The molecule has 0 aromatic carbocycles. The molecule has 0 radical (unpaired) electrons. The van der Waals surface area contributed by atoms with E-state index < -0.39 is 16.8 Å². The summed E-state index contributed by atoms with van der Waals surface area (Å²) in [6, 6.07) is 0. The van der Waals surface area contributed by atoms with Crippen molar-refractivity contribution in [1.29, 1.82) is 0 Å². The van der Waals surface area contributed by atoms with E-state index in [2.05, 4.69) is 20.4 Å². The molecule has 1 amide bonds. The Labute approximate surface area is 175 Å². The number of aromatic carboxylic acids is 1. The van der Waals surface area contributed by atoms with Crippen LogP contribution in [-0.2, 0) is 11.8 Å². The second-order valence-electron chi connectivity index (χ2n) is 6.64. The van der Waals surface area contributed by atoms with Gasteiger partial charge in [0.25, 0.3) is 5.91 Å². The zero-order valence-electron chi connectivity index (χ0n) is 16.6. The maximum Gasteiger partial charge on any atom is 0.357 e. The molecule has 0 bridgehead atoms.